The van der Waals surface area contributed by atoms with Crippen LogP contribution in [0.2, 0.25) is 0 Å². The Labute approximate surface area is 107 Å². The Bertz CT molecular complexity index is 371. The summed E-state index contributed by atoms with van der Waals surface area (Å²) in [7, 11) is 0. The first-order valence-corrected chi connectivity index (χ1v) is 6.83. The number of thiophene rings is 1. The van der Waals surface area contributed by atoms with E-state index in [2.05, 4.69) is 32.6 Å². The van der Waals surface area contributed by atoms with Gasteiger partial charge in [-0.3, -0.25) is 4.90 Å². The number of carbonyl (C=O) groups is 1. The smallest absolute Gasteiger partial charge is 0.346 e. The SMILES string of the molecule is CC(C)CN(Cc1ccsc1C(=O)O)C(C)C. The van der Waals surface area contributed by atoms with E-state index >= 15 is 0 Å². The molecule has 1 rings (SSSR count). The maximum absolute atomic E-state index is 11.0. The maximum atomic E-state index is 11.0. The summed E-state index contributed by atoms with van der Waals surface area (Å²) in [5.41, 5.74) is 0.928. The summed E-state index contributed by atoms with van der Waals surface area (Å²) in [6, 6.07) is 2.35. The van der Waals surface area contributed by atoms with Crippen LogP contribution in [0.4, 0.5) is 0 Å². The minimum Gasteiger partial charge on any atom is -0.477 e. The molecule has 0 unspecified atom stereocenters. The van der Waals surface area contributed by atoms with Crippen LogP contribution < -0.4 is 0 Å². The Balaban J connectivity index is 2.78. The molecule has 1 heterocycles. The van der Waals surface area contributed by atoms with Gasteiger partial charge in [-0.25, -0.2) is 4.79 Å². The normalized spacial score (nSPS) is 11.7. The monoisotopic (exact) mass is 255 g/mol. The number of aromatic carboxylic acids is 1. The second-order valence-electron chi connectivity index (χ2n) is 5.00. The van der Waals surface area contributed by atoms with Crippen molar-refractivity contribution in [2.45, 2.75) is 40.3 Å². The Morgan fingerprint density at radius 2 is 2.06 bits per heavy atom. The number of nitrogens with zero attached hydrogens (tertiary/aromatic N) is 1. The van der Waals surface area contributed by atoms with E-state index in [4.69, 9.17) is 5.11 Å². The minimum atomic E-state index is -0.816. The highest BCUT2D eigenvalue weighted by molar-refractivity contribution is 7.12. The molecule has 0 aliphatic heterocycles. The van der Waals surface area contributed by atoms with Crippen molar-refractivity contribution in [3.05, 3.63) is 21.9 Å². The summed E-state index contributed by atoms with van der Waals surface area (Å²) >= 11 is 1.30. The second-order valence-corrected chi connectivity index (χ2v) is 5.91. The van der Waals surface area contributed by atoms with E-state index in [1.807, 2.05) is 11.4 Å². The third-order valence-electron chi connectivity index (χ3n) is 2.64. The Kier molecular flexibility index (Phi) is 5.15. The molecule has 0 amide bonds. The number of rotatable bonds is 6. The minimum absolute atomic E-state index is 0.430. The van der Waals surface area contributed by atoms with E-state index in [0.29, 0.717) is 16.8 Å². The summed E-state index contributed by atoms with van der Waals surface area (Å²) in [5.74, 6) is -0.229. The van der Waals surface area contributed by atoms with Gasteiger partial charge >= 0.3 is 5.97 Å². The van der Waals surface area contributed by atoms with Crippen molar-refractivity contribution in [1.82, 2.24) is 4.90 Å². The van der Waals surface area contributed by atoms with Gasteiger partial charge in [-0.1, -0.05) is 13.8 Å². The fraction of sp³-hybridized carbons (Fsp3) is 0.615. The Hall–Kier alpha value is -0.870. The van der Waals surface area contributed by atoms with Gasteiger partial charge in [-0.2, -0.15) is 0 Å². The molecule has 4 heteroatoms. The van der Waals surface area contributed by atoms with E-state index in [1.54, 1.807) is 0 Å². The average Bonchev–Trinajstić information content (AvgIpc) is 2.63. The van der Waals surface area contributed by atoms with Crippen LogP contribution in [0.3, 0.4) is 0 Å². The van der Waals surface area contributed by atoms with Crippen LogP contribution in [0.15, 0.2) is 11.4 Å². The van der Waals surface area contributed by atoms with Gasteiger partial charge in [0.2, 0.25) is 0 Å². The molecule has 0 bridgehead atoms. The van der Waals surface area contributed by atoms with Crippen LogP contribution in [-0.2, 0) is 6.54 Å². The van der Waals surface area contributed by atoms with Crippen LogP contribution in [-0.4, -0.2) is 28.6 Å². The fourth-order valence-corrected chi connectivity index (χ4v) is 2.55. The van der Waals surface area contributed by atoms with Gasteiger partial charge in [0, 0.05) is 19.1 Å². The molecular formula is C13H21NO2S. The van der Waals surface area contributed by atoms with E-state index in [0.717, 1.165) is 18.7 Å². The van der Waals surface area contributed by atoms with E-state index in [-0.39, 0.29) is 0 Å². The summed E-state index contributed by atoms with van der Waals surface area (Å²) in [5, 5.41) is 10.9. The van der Waals surface area contributed by atoms with Gasteiger partial charge < -0.3 is 5.11 Å². The molecule has 3 nitrogen and oxygen atoms in total. The number of hydrogen-bond donors (Lipinski definition) is 1. The highest BCUT2D eigenvalue weighted by Crippen LogP contribution is 2.20. The maximum Gasteiger partial charge on any atom is 0.346 e. The fourth-order valence-electron chi connectivity index (χ4n) is 1.79. The van der Waals surface area contributed by atoms with E-state index < -0.39 is 5.97 Å². The van der Waals surface area contributed by atoms with Crippen molar-refractivity contribution in [3.8, 4) is 0 Å². The van der Waals surface area contributed by atoms with Crippen molar-refractivity contribution in [2.24, 2.45) is 5.92 Å². The predicted octanol–water partition coefficient (Wildman–Crippen LogP) is 3.31. The lowest BCUT2D eigenvalue weighted by molar-refractivity contribution is 0.0699. The number of hydrogen-bond acceptors (Lipinski definition) is 3. The molecule has 0 aliphatic carbocycles. The quantitative estimate of drug-likeness (QED) is 0.847. The molecule has 0 fully saturated rings. The Morgan fingerprint density at radius 1 is 1.41 bits per heavy atom. The molecule has 0 spiro atoms. The first-order valence-electron chi connectivity index (χ1n) is 5.95. The first kappa shape index (κ1) is 14.2. The third-order valence-corrected chi connectivity index (χ3v) is 3.59. The molecule has 17 heavy (non-hydrogen) atoms. The zero-order chi connectivity index (χ0) is 13.0. The van der Waals surface area contributed by atoms with Gasteiger partial charge in [-0.05, 0) is 36.8 Å². The lowest BCUT2D eigenvalue weighted by Gasteiger charge is -2.28. The zero-order valence-corrected chi connectivity index (χ0v) is 11.8. The molecule has 0 atom stereocenters. The van der Waals surface area contributed by atoms with Crippen molar-refractivity contribution in [2.75, 3.05) is 6.54 Å². The van der Waals surface area contributed by atoms with Gasteiger partial charge in [0.1, 0.15) is 4.88 Å². The van der Waals surface area contributed by atoms with Crippen molar-refractivity contribution in [1.29, 1.82) is 0 Å². The Morgan fingerprint density at radius 3 is 2.53 bits per heavy atom. The third kappa shape index (κ3) is 4.13. The predicted molar refractivity (Wildman–Crippen MR) is 71.7 cm³/mol. The molecule has 0 aromatic carbocycles. The highest BCUT2D eigenvalue weighted by atomic mass is 32.1. The van der Waals surface area contributed by atoms with Crippen LogP contribution >= 0.6 is 11.3 Å². The molecule has 1 aromatic rings. The standard InChI is InChI=1S/C13H21NO2S/c1-9(2)7-14(10(3)4)8-11-5-6-17-12(11)13(15)16/h5-6,9-10H,7-8H2,1-4H3,(H,15,16). The lowest BCUT2D eigenvalue weighted by Crippen LogP contribution is -2.33. The van der Waals surface area contributed by atoms with Gasteiger partial charge in [0.05, 0.1) is 0 Å². The molecule has 96 valence electrons. The summed E-state index contributed by atoms with van der Waals surface area (Å²) in [4.78, 5) is 13.8. The molecule has 0 saturated heterocycles. The average molecular weight is 255 g/mol. The number of carboxylic acids is 1. The summed E-state index contributed by atoms with van der Waals surface area (Å²) in [6.07, 6.45) is 0. The van der Waals surface area contributed by atoms with Crippen LogP contribution in [0.1, 0.15) is 42.9 Å². The first-order chi connectivity index (χ1) is 7.91. The second kappa shape index (κ2) is 6.17. The van der Waals surface area contributed by atoms with E-state index in [9.17, 15) is 4.79 Å². The zero-order valence-electron chi connectivity index (χ0n) is 10.9. The molecule has 0 saturated carbocycles. The van der Waals surface area contributed by atoms with Crippen molar-refractivity contribution < 1.29 is 9.90 Å². The van der Waals surface area contributed by atoms with Crippen molar-refractivity contribution >= 4 is 17.3 Å². The molecule has 1 aromatic heterocycles. The van der Waals surface area contributed by atoms with Crippen molar-refractivity contribution in [3.63, 3.8) is 0 Å². The van der Waals surface area contributed by atoms with Gasteiger partial charge in [-0.15, -0.1) is 11.3 Å². The van der Waals surface area contributed by atoms with Gasteiger partial charge in [0.25, 0.3) is 0 Å². The largest absolute Gasteiger partial charge is 0.477 e. The molecule has 0 aliphatic rings. The molecular weight excluding hydrogens is 234 g/mol. The molecule has 1 N–H and O–H groups in total. The highest BCUT2D eigenvalue weighted by Gasteiger charge is 2.17. The van der Waals surface area contributed by atoms with Crippen LogP contribution in [0.5, 0.6) is 0 Å². The van der Waals surface area contributed by atoms with Crippen LogP contribution in [0.25, 0.3) is 0 Å². The van der Waals surface area contributed by atoms with E-state index in [1.165, 1.54) is 11.3 Å². The molecule has 0 radical (unpaired) electrons. The summed E-state index contributed by atoms with van der Waals surface area (Å²) in [6.45, 7) is 10.4. The summed E-state index contributed by atoms with van der Waals surface area (Å²) < 4.78 is 0. The van der Waals surface area contributed by atoms with Gasteiger partial charge in [0.15, 0.2) is 0 Å². The number of carboxylic acid groups (broad SMARTS) is 1. The lowest BCUT2D eigenvalue weighted by atomic mass is 10.1. The topological polar surface area (TPSA) is 40.5 Å². The van der Waals surface area contributed by atoms with Crippen LogP contribution in [0, 0.1) is 5.92 Å².